The van der Waals surface area contributed by atoms with Gasteiger partial charge in [-0.3, -0.25) is 4.79 Å². The number of thiazole rings is 1. The summed E-state index contributed by atoms with van der Waals surface area (Å²) < 4.78 is 5.87. The zero-order valence-corrected chi connectivity index (χ0v) is 21.5. The van der Waals surface area contributed by atoms with Crippen LogP contribution in [0.2, 0.25) is 0 Å². The highest BCUT2D eigenvalue weighted by atomic mass is 32.1. The molecular formula is C25H35N3O5S. The van der Waals surface area contributed by atoms with Crippen molar-refractivity contribution in [1.82, 2.24) is 4.98 Å². The van der Waals surface area contributed by atoms with E-state index in [0.29, 0.717) is 27.6 Å². The number of hydrogen-bond donors (Lipinski definition) is 4. The van der Waals surface area contributed by atoms with Crippen LogP contribution in [0, 0.1) is 30.6 Å². The first-order valence-corrected chi connectivity index (χ1v) is 12.5. The van der Waals surface area contributed by atoms with E-state index < -0.39 is 40.1 Å². The van der Waals surface area contributed by atoms with E-state index in [1.807, 2.05) is 20.8 Å². The molecule has 6 atom stereocenters. The number of carbonyl (C=O) groups is 2. The number of Topliss-reactive ketones (excluding diaryl/α,β-unsaturated/α-hetero) is 1. The van der Waals surface area contributed by atoms with Crippen LogP contribution < -0.4 is 11.5 Å². The third-order valence-electron chi connectivity index (χ3n) is 8.78. The molecule has 1 heterocycles. The molecule has 3 aliphatic carbocycles. The van der Waals surface area contributed by atoms with Gasteiger partial charge in [0.1, 0.15) is 16.5 Å². The molecular weight excluding hydrogens is 454 g/mol. The van der Waals surface area contributed by atoms with Crippen LogP contribution in [0.15, 0.2) is 23.3 Å². The van der Waals surface area contributed by atoms with Crippen LogP contribution in [0.3, 0.4) is 0 Å². The minimum absolute atomic E-state index is 0.0358. The highest BCUT2D eigenvalue weighted by Gasteiger charge is 2.73. The minimum atomic E-state index is -2.15. The molecule has 34 heavy (non-hydrogen) atoms. The van der Waals surface area contributed by atoms with Gasteiger partial charge in [0.25, 0.3) is 0 Å². The Morgan fingerprint density at radius 1 is 1.29 bits per heavy atom. The van der Waals surface area contributed by atoms with E-state index in [1.54, 1.807) is 32.9 Å². The highest BCUT2D eigenvalue weighted by molar-refractivity contribution is 7.13. The number of nitrogens with two attached hydrogens (primary N) is 2. The molecule has 0 aliphatic heterocycles. The molecule has 0 saturated heterocycles. The van der Waals surface area contributed by atoms with Gasteiger partial charge in [0.15, 0.2) is 17.5 Å². The summed E-state index contributed by atoms with van der Waals surface area (Å²) in [6, 6.07) is 0. The molecule has 2 bridgehead atoms. The van der Waals surface area contributed by atoms with Crippen molar-refractivity contribution < 1.29 is 24.5 Å². The maximum Gasteiger partial charge on any atom is 0.350 e. The van der Waals surface area contributed by atoms with E-state index in [9.17, 15) is 19.8 Å². The van der Waals surface area contributed by atoms with Gasteiger partial charge in [-0.05, 0) is 56.1 Å². The van der Waals surface area contributed by atoms with Crippen molar-refractivity contribution in [2.24, 2.45) is 28.2 Å². The van der Waals surface area contributed by atoms with Crippen molar-refractivity contribution in [2.45, 2.75) is 77.7 Å². The number of rotatable bonds is 3. The van der Waals surface area contributed by atoms with Gasteiger partial charge < -0.3 is 26.4 Å². The van der Waals surface area contributed by atoms with Crippen LogP contribution in [0.25, 0.3) is 0 Å². The molecule has 1 saturated carbocycles. The van der Waals surface area contributed by atoms with Gasteiger partial charge in [0, 0.05) is 6.54 Å². The van der Waals surface area contributed by atoms with E-state index >= 15 is 0 Å². The lowest BCUT2D eigenvalue weighted by Crippen LogP contribution is -2.68. The summed E-state index contributed by atoms with van der Waals surface area (Å²) in [4.78, 5) is 32.1. The number of fused-ring (bicyclic) bond motifs is 1. The summed E-state index contributed by atoms with van der Waals surface area (Å²) in [6.45, 7) is 11.0. The number of ketones is 1. The third-order valence-corrected chi connectivity index (χ3v) is 9.84. The first-order valence-electron chi connectivity index (χ1n) is 11.7. The molecule has 8 nitrogen and oxygen atoms in total. The van der Waals surface area contributed by atoms with E-state index in [4.69, 9.17) is 16.2 Å². The number of esters is 1. The molecule has 186 valence electrons. The number of aryl methyl sites for hydroxylation is 2. The van der Waals surface area contributed by atoms with E-state index in [0.717, 1.165) is 0 Å². The standard InChI is InChI=1S/C25H35N3O5S/c1-12-9-23-8-7-13(2)22(5,6)24(27,21(23)31)10-16(11-26)18(29)25(23,32)19(12)33-20(30)17-14(3)28-15(4)34-17/h9-10,13,18-19,29,32H,7-8,11,26-27H2,1-6H3. The number of aromatic nitrogens is 1. The van der Waals surface area contributed by atoms with Crippen molar-refractivity contribution in [1.29, 1.82) is 0 Å². The van der Waals surface area contributed by atoms with Gasteiger partial charge in [0.2, 0.25) is 0 Å². The van der Waals surface area contributed by atoms with Gasteiger partial charge >= 0.3 is 5.97 Å². The Kier molecular flexibility index (Phi) is 5.78. The Bertz CT molecular complexity index is 1120. The Labute approximate surface area is 204 Å². The van der Waals surface area contributed by atoms with Crippen LogP contribution >= 0.6 is 11.3 Å². The molecule has 1 aromatic rings. The average molecular weight is 490 g/mol. The quantitative estimate of drug-likeness (QED) is 0.372. The molecule has 9 heteroatoms. The fourth-order valence-corrected chi connectivity index (χ4v) is 7.00. The van der Waals surface area contributed by atoms with Gasteiger partial charge in [0.05, 0.1) is 16.1 Å². The Morgan fingerprint density at radius 2 is 1.94 bits per heavy atom. The number of aliphatic hydroxyl groups excluding tert-OH is 1. The summed E-state index contributed by atoms with van der Waals surface area (Å²) >= 11 is 1.20. The van der Waals surface area contributed by atoms with E-state index in [-0.39, 0.29) is 30.2 Å². The topological polar surface area (TPSA) is 149 Å². The number of hydrogen-bond acceptors (Lipinski definition) is 9. The Balaban J connectivity index is 1.90. The second kappa shape index (κ2) is 7.80. The first kappa shape index (κ1) is 25.2. The van der Waals surface area contributed by atoms with Gasteiger partial charge in [-0.25, -0.2) is 9.78 Å². The molecule has 1 aromatic heterocycles. The normalized spacial score (nSPS) is 39.0. The molecule has 3 aliphatic rings. The number of carbonyl (C=O) groups excluding carboxylic acids is 2. The lowest BCUT2D eigenvalue weighted by molar-refractivity contribution is -0.181. The molecule has 6 unspecified atom stereocenters. The van der Waals surface area contributed by atoms with E-state index in [2.05, 4.69) is 4.98 Å². The predicted octanol–water partition coefficient (Wildman–Crippen LogP) is 1.95. The van der Waals surface area contributed by atoms with Crippen LogP contribution in [-0.4, -0.2) is 56.8 Å². The molecule has 0 radical (unpaired) electrons. The molecule has 0 amide bonds. The van der Waals surface area contributed by atoms with Crippen LogP contribution in [-0.2, 0) is 9.53 Å². The Morgan fingerprint density at radius 3 is 2.50 bits per heavy atom. The van der Waals surface area contributed by atoms with Crippen molar-refractivity contribution in [3.05, 3.63) is 38.9 Å². The summed E-state index contributed by atoms with van der Waals surface area (Å²) in [5.41, 5.74) is 8.36. The smallest absolute Gasteiger partial charge is 0.350 e. The fraction of sp³-hybridized carbons (Fsp3) is 0.640. The lowest BCUT2D eigenvalue weighted by Gasteiger charge is -2.47. The van der Waals surface area contributed by atoms with Gasteiger partial charge in [-0.1, -0.05) is 32.9 Å². The minimum Gasteiger partial charge on any atom is -0.450 e. The van der Waals surface area contributed by atoms with Crippen molar-refractivity contribution in [3.8, 4) is 0 Å². The summed E-state index contributed by atoms with van der Waals surface area (Å²) in [5.74, 6) is -1.01. The molecule has 6 N–H and O–H groups in total. The molecule has 4 rings (SSSR count). The number of ether oxygens (including phenoxy) is 1. The highest BCUT2D eigenvalue weighted by Crippen LogP contribution is 2.61. The van der Waals surface area contributed by atoms with E-state index in [1.165, 1.54) is 11.3 Å². The van der Waals surface area contributed by atoms with Crippen molar-refractivity contribution >= 4 is 23.1 Å². The summed E-state index contributed by atoms with van der Waals surface area (Å²) in [7, 11) is 0. The van der Waals surface area contributed by atoms with Crippen molar-refractivity contribution in [2.75, 3.05) is 6.54 Å². The van der Waals surface area contributed by atoms with Gasteiger partial charge in [-0.2, -0.15) is 0 Å². The second-order valence-corrected chi connectivity index (χ2v) is 12.0. The Hall–Kier alpha value is -1.91. The first-order chi connectivity index (χ1) is 15.7. The molecule has 1 fully saturated rings. The zero-order valence-electron chi connectivity index (χ0n) is 20.6. The summed E-state index contributed by atoms with van der Waals surface area (Å²) in [6.07, 6.45) is 1.28. The largest absolute Gasteiger partial charge is 0.450 e. The van der Waals surface area contributed by atoms with Gasteiger partial charge in [-0.15, -0.1) is 11.3 Å². The van der Waals surface area contributed by atoms with Crippen LogP contribution in [0.1, 0.15) is 60.9 Å². The van der Waals surface area contributed by atoms with Crippen LogP contribution in [0.5, 0.6) is 0 Å². The maximum atomic E-state index is 14.4. The lowest BCUT2D eigenvalue weighted by atomic mass is 9.60. The fourth-order valence-electron chi connectivity index (χ4n) is 6.20. The van der Waals surface area contributed by atoms with Crippen LogP contribution in [0.4, 0.5) is 0 Å². The second-order valence-electron chi connectivity index (χ2n) is 10.8. The summed E-state index contributed by atoms with van der Waals surface area (Å²) in [5, 5.41) is 24.6. The molecule has 0 aromatic carbocycles. The van der Waals surface area contributed by atoms with Crippen molar-refractivity contribution in [3.63, 3.8) is 0 Å². The average Bonchev–Trinajstić information content (AvgIpc) is 3.19. The predicted molar refractivity (Wildman–Crippen MR) is 129 cm³/mol. The SMILES string of the molecule is CC1=CC23CCC(C)C(C)(C)C(N)(C=C(CN)C(O)C2(O)C1OC(=O)c1sc(C)nc1C)C3=O. The zero-order chi connectivity index (χ0) is 25.4. The number of aliphatic hydroxyl groups is 2. The molecule has 1 spiro atoms. The number of nitrogens with zero attached hydrogens (tertiary/aromatic N) is 1. The maximum absolute atomic E-state index is 14.4. The monoisotopic (exact) mass is 489 g/mol. The third kappa shape index (κ3) is 3.00.